The lowest BCUT2D eigenvalue weighted by Gasteiger charge is -2.03. The molecule has 0 aliphatic carbocycles. The second-order valence-electron chi connectivity index (χ2n) is 4.02. The van der Waals surface area contributed by atoms with Crippen LogP contribution in [-0.4, -0.2) is 27.3 Å². The van der Waals surface area contributed by atoms with E-state index in [-0.39, 0.29) is 5.75 Å². The topological polar surface area (TPSA) is 81.3 Å². The maximum atomic E-state index is 9.75. The van der Waals surface area contributed by atoms with E-state index in [1.54, 1.807) is 24.4 Å². The first kappa shape index (κ1) is 12.2. The van der Waals surface area contributed by atoms with E-state index in [2.05, 4.69) is 15.1 Å². The van der Waals surface area contributed by atoms with E-state index in [1.807, 2.05) is 12.1 Å². The minimum absolute atomic E-state index is 0.0163. The molecule has 0 fully saturated rings. The summed E-state index contributed by atoms with van der Waals surface area (Å²) in [5, 5.41) is 13.6. The van der Waals surface area contributed by atoms with Crippen LogP contribution in [0, 0.1) is 0 Å². The predicted octanol–water partition coefficient (Wildman–Crippen LogP) is 2.51. The van der Waals surface area contributed by atoms with Gasteiger partial charge in [-0.15, -0.1) is 0 Å². The molecule has 20 heavy (non-hydrogen) atoms. The lowest BCUT2D eigenvalue weighted by atomic mass is 10.2. The Balaban J connectivity index is 1.96. The zero-order valence-electron chi connectivity index (χ0n) is 10.6. The van der Waals surface area contributed by atoms with Crippen molar-refractivity contribution in [2.45, 2.75) is 0 Å². The minimum atomic E-state index is 0.0163. The number of phenolic OH excluding ortho intramolecular Hbond substituents is 1. The number of ether oxygens (including phenoxy) is 1. The Morgan fingerprint density at radius 2 is 2.10 bits per heavy atom. The van der Waals surface area contributed by atoms with Crippen LogP contribution in [0.3, 0.4) is 0 Å². The molecule has 0 saturated heterocycles. The van der Waals surface area contributed by atoms with E-state index in [0.717, 1.165) is 0 Å². The van der Waals surface area contributed by atoms with Gasteiger partial charge >= 0.3 is 0 Å². The van der Waals surface area contributed by atoms with Crippen LogP contribution in [0.5, 0.6) is 11.5 Å². The summed E-state index contributed by atoms with van der Waals surface area (Å²) in [6.45, 7) is 0. The molecule has 2 heterocycles. The summed E-state index contributed by atoms with van der Waals surface area (Å²) in [5.41, 5.74) is 1.23. The van der Waals surface area contributed by atoms with Gasteiger partial charge in [-0.1, -0.05) is 11.2 Å². The minimum Gasteiger partial charge on any atom is -0.504 e. The van der Waals surface area contributed by atoms with Crippen molar-refractivity contribution in [3.05, 3.63) is 42.6 Å². The Morgan fingerprint density at radius 1 is 1.20 bits per heavy atom. The number of phenols is 1. The Labute approximate surface area is 114 Å². The van der Waals surface area contributed by atoms with Crippen molar-refractivity contribution < 1.29 is 14.4 Å². The average Bonchev–Trinajstić information content (AvgIpc) is 2.98. The quantitative estimate of drug-likeness (QED) is 0.786. The summed E-state index contributed by atoms with van der Waals surface area (Å²) in [6.07, 6.45) is 1.66. The molecule has 0 unspecified atom stereocenters. The SMILES string of the molecule is COc1ccc(-c2nc(-c3ccccn3)no2)cc1O. The van der Waals surface area contributed by atoms with Crippen molar-refractivity contribution in [2.75, 3.05) is 7.11 Å². The number of nitrogens with zero attached hydrogens (tertiary/aromatic N) is 3. The van der Waals surface area contributed by atoms with Crippen molar-refractivity contribution in [2.24, 2.45) is 0 Å². The molecule has 100 valence electrons. The van der Waals surface area contributed by atoms with E-state index in [0.29, 0.717) is 28.7 Å². The van der Waals surface area contributed by atoms with Gasteiger partial charge in [0, 0.05) is 11.8 Å². The summed E-state index contributed by atoms with van der Waals surface area (Å²) in [5.74, 6) is 1.11. The predicted molar refractivity (Wildman–Crippen MR) is 71.2 cm³/mol. The second-order valence-corrected chi connectivity index (χ2v) is 4.02. The molecule has 0 aliphatic rings. The molecular weight excluding hydrogens is 258 g/mol. The molecular formula is C14H11N3O3. The van der Waals surface area contributed by atoms with E-state index in [9.17, 15) is 5.11 Å². The highest BCUT2D eigenvalue weighted by Gasteiger charge is 2.13. The molecule has 0 bridgehead atoms. The summed E-state index contributed by atoms with van der Waals surface area (Å²) in [6, 6.07) is 10.3. The van der Waals surface area contributed by atoms with Crippen LogP contribution >= 0.6 is 0 Å². The highest BCUT2D eigenvalue weighted by Crippen LogP contribution is 2.31. The number of benzene rings is 1. The molecule has 0 atom stereocenters. The molecule has 0 saturated carbocycles. The zero-order valence-corrected chi connectivity index (χ0v) is 10.6. The molecule has 3 aromatic rings. The fraction of sp³-hybridized carbons (Fsp3) is 0.0714. The number of pyridine rings is 1. The number of hydrogen-bond donors (Lipinski definition) is 1. The third kappa shape index (κ3) is 2.18. The van der Waals surface area contributed by atoms with Crippen molar-refractivity contribution in [1.29, 1.82) is 0 Å². The normalized spacial score (nSPS) is 10.4. The summed E-state index contributed by atoms with van der Waals surface area (Å²) in [7, 11) is 1.49. The first-order chi connectivity index (χ1) is 9.78. The third-order valence-corrected chi connectivity index (χ3v) is 2.75. The number of aromatic hydroxyl groups is 1. The van der Waals surface area contributed by atoms with E-state index >= 15 is 0 Å². The molecule has 1 N–H and O–H groups in total. The second kappa shape index (κ2) is 5.00. The smallest absolute Gasteiger partial charge is 0.258 e. The largest absolute Gasteiger partial charge is 0.504 e. The van der Waals surface area contributed by atoms with Crippen LogP contribution < -0.4 is 4.74 Å². The fourth-order valence-electron chi connectivity index (χ4n) is 1.76. The van der Waals surface area contributed by atoms with Gasteiger partial charge in [0.15, 0.2) is 11.5 Å². The maximum Gasteiger partial charge on any atom is 0.258 e. The first-order valence-corrected chi connectivity index (χ1v) is 5.90. The average molecular weight is 269 g/mol. The van der Waals surface area contributed by atoms with Crippen LogP contribution in [-0.2, 0) is 0 Å². The Kier molecular flexibility index (Phi) is 3.04. The molecule has 0 spiro atoms. The van der Waals surface area contributed by atoms with Crippen LogP contribution in [0.4, 0.5) is 0 Å². The standard InChI is InChI=1S/C14H11N3O3/c1-19-12-6-5-9(8-11(12)18)14-16-13(17-20-14)10-4-2-3-7-15-10/h2-8,18H,1H3. The number of rotatable bonds is 3. The summed E-state index contributed by atoms with van der Waals surface area (Å²) >= 11 is 0. The lowest BCUT2D eigenvalue weighted by molar-refractivity contribution is 0.373. The number of hydrogen-bond acceptors (Lipinski definition) is 6. The lowest BCUT2D eigenvalue weighted by Crippen LogP contribution is -1.86. The van der Waals surface area contributed by atoms with Gasteiger partial charge in [0.05, 0.1) is 7.11 Å². The van der Waals surface area contributed by atoms with Crippen molar-refractivity contribution in [1.82, 2.24) is 15.1 Å². The van der Waals surface area contributed by atoms with Gasteiger partial charge in [-0.25, -0.2) is 0 Å². The molecule has 0 radical (unpaired) electrons. The molecule has 1 aromatic carbocycles. The highest BCUT2D eigenvalue weighted by atomic mass is 16.5. The molecule has 3 rings (SSSR count). The van der Waals surface area contributed by atoms with Gasteiger partial charge in [-0.05, 0) is 30.3 Å². The van der Waals surface area contributed by atoms with Crippen LogP contribution in [0.15, 0.2) is 47.1 Å². The van der Waals surface area contributed by atoms with Crippen LogP contribution in [0.1, 0.15) is 0 Å². The van der Waals surface area contributed by atoms with Crippen LogP contribution in [0.25, 0.3) is 23.0 Å². The highest BCUT2D eigenvalue weighted by molar-refractivity contribution is 5.61. The van der Waals surface area contributed by atoms with Gasteiger partial charge in [-0.3, -0.25) is 4.98 Å². The zero-order chi connectivity index (χ0) is 13.9. The molecule has 6 nitrogen and oxygen atoms in total. The maximum absolute atomic E-state index is 9.75. The van der Waals surface area contributed by atoms with Gasteiger partial charge in [0.2, 0.25) is 5.82 Å². The monoisotopic (exact) mass is 269 g/mol. The van der Waals surface area contributed by atoms with Crippen LogP contribution in [0.2, 0.25) is 0 Å². The van der Waals surface area contributed by atoms with Gasteiger partial charge < -0.3 is 14.4 Å². The molecule has 6 heteroatoms. The van der Waals surface area contributed by atoms with Gasteiger partial charge in [0.1, 0.15) is 5.69 Å². The van der Waals surface area contributed by atoms with E-state index in [4.69, 9.17) is 9.26 Å². The van der Waals surface area contributed by atoms with Crippen molar-refractivity contribution in [3.8, 4) is 34.5 Å². The molecule has 2 aromatic heterocycles. The number of aromatic nitrogens is 3. The van der Waals surface area contributed by atoms with Gasteiger partial charge in [-0.2, -0.15) is 4.98 Å². The van der Waals surface area contributed by atoms with Crippen molar-refractivity contribution >= 4 is 0 Å². The summed E-state index contributed by atoms with van der Waals surface area (Å²) < 4.78 is 10.2. The summed E-state index contributed by atoms with van der Waals surface area (Å²) in [4.78, 5) is 8.40. The van der Waals surface area contributed by atoms with Crippen molar-refractivity contribution in [3.63, 3.8) is 0 Å². The molecule has 0 aliphatic heterocycles. The number of methoxy groups -OCH3 is 1. The first-order valence-electron chi connectivity index (χ1n) is 5.90. The fourth-order valence-corrected chi connectivity index (χ4v) is 1.76. The van der Waals surface area contributed by atoms with E-state index in [1.165, 1.54) is 13.2 Å². The van der Waals surface area contributed by atoms with E-state index < -0.39 is 0 Å². The Hall–Kier alpha value is -2.89. The van der Waals surface area contributed by atoms with Gasteiger partial charge in [0.25, 0.3) is 5.89 Å². The Bertz CT molecular complexity index is 726. The molecule has 0 amide bonds. The Morgan fingerprint density at radius 3 is 2.80 bits per heavy atom. The third-order valence-electron chi connectivity index (χ3n) is 2.75.